The molecule has 2 heteroatoms. The highest BCUT2D eigenvalue weighted by Crippen LogP contribution is 2.34. The van der Waals surface area contributed by atoms with Crippen molar-refractivity contribution in [2.24, 2.45) is 5.92 Å². The molecule has 0 spiro atoms. The minimum absolute atomic E-state index is 0.0107. The number of aliphatic hydroxyl groups excluding tert-OH is 1. The molecule has 1 atom stereocenters. The Balaban J connectivity index is 1.53. The normalized spacial score (nSPS) is 33.8. The zero-order valence-electron chi connectivity index (χ0n) is 12.9. The molecule has 0 saturated carbocycles. The number of unbranched alkanes of at least 4 members (excludes halogenated alkanes) is 7. The van der Waals surface area contributed by atoms with Gasteiger partial charge >= 0.3 is 0 Å². The fourth-order valence-electron chi connectivity index (χ4n) is 4.14. The Bertz CT molecular complexity index is 246. The van der Waals surface area contributed by atoms with E-state index in [0.717, 1.165) is 6.54 Å². The monoisotopic (exact) mass is 268 g/mol. The van der Waals surface area contributed by atoms with Gasteiger partial charge in [0.25, 0.3) is 0 Å². The van der Waals surface area contributed by atoms with Crippen LogP contribution in [0.4, 0.5) is 0 Å². The predicted molar refractivity (Wildman–Crippen MR) is 81.1 cm³/mol. The molecule has 3 aliphatic heterocycles. The molecule has 3 rings (SSSR count). The molecule has 1 N–H and O–H groups in total. The largest absolute Gasteiger partial charge is 0.387 e. The van der Waals surface area contributed by atoms with Gasteiger partial charge in [0.1, 0.15) is 12.6 Å². The summed E-state index contributed by atoms with van der Waals surface area (Å²) in [4.78, 5) is 0. The number of rotatable bonds is 9. The van der Waals surface area contributed by atoms with Crippen molar-refractivity contribution in [1.29, 1.82) is 0 Å². The first-order valence-electron chi connectivity index (χ1n) is 8.79. The van der Waals surface area contributed by atoms with E-state index in [-0.39, 0.29) is 6.10 Å². The number of hydrogen-bond donors (Lipinski definition) is 1. The molecule has 19 heavy (non-hydrogen) atoms. The Morgan fingerprint density at radius 1 is 0.895 bits per heavy atom. The molecule has 0 aromatic rings. The highest BCUT2D eigenvalue weighted by atomic mass is 16.3. The Hall–Kier alpha value is -0.0800. The Kier molecular flexibility index (Phi) is 6.15. The van der Waals surface area contributed by atoms with E-state index in [0.29, 0.717) is 5.92 Å². The summed E-state index contributed by atoms with van der Waals surface area (Å²) in [5.74, 6) is 0.638. The number of hydrogen-bond acceptors (Lipinski definition) is 1. The van der Waals surface area contributed by atoms with Crippen molar-refractivity contribution >= 4 is 0 Å². The molecule has 3 heterocycles. The van der Waals surface area contributed by atoms with Crippen molar-refractivity contribution in [2.75, 3.05) is 26.2 Å². The summed E-state index contributed by atoms with van der Waals surface area (Å²) in [6, 6.07) is 0. The molecule has 3 saturated heterocycles. The molecule has 0 radical (unpaired) electrons. The van der Waals surface area contributed by atoms with Crippen LogP contribution in [0.5, 0.6) is 0 Å². The molecular weight excluding hydrogens is 234 g/mol. The SMILES string of the molecule is CCCCCCCCCC[N+]12CCC(CC1)C(O)C2. The van der Waals surface area contributed by atoms with E-state index in [1.165, 1.54) is 88.3 Å². The van der Waals surface area contributed by atoms with Gasteiger partial charge < -0.3 is 9.59 Å². The average molecular weight is 268 g/mol. The van der Waals surface area contributed by atoms with Gasteiger partial charge in [0.05, 0.1) is 19.6 Å². The van der Waals surface area contributed by atoms with Gasteiger partial charge in [-0.05, 0) is 12.8 Å². The van der Waals surface area contributed by atoms with Gasteiger partial charge in [0, 0.05) is 18.8 Å². The number of nitrogens with zero attached hydrogens (tertiary/aromatic N) is 1. The smallest absolute Gasteiger partial charge is 0.106 e. The first kappa shape index (κ1) is 15.3. The van der Waals surface area contributed by atoms with Gasteiger partial charge in [0.15, 0.2) is 0 Å². The van der Waals surface area contributed by atoms with Crippen molar-refractivity contribution in [1.82, 2.24) is 0 Å². The van der Waals surface area contributed by atoms with Crippen molar-refractivity contribution in [2.45, 2.75) is 77.2 Å². The van der Waals surface area contributed by atoms with Crippen LogP contribution in [0, 0.1) is 5.92 Å². The minimum Gasteiger partial charge on any atom is -0.387 e. The number of piperidine rings is 3. The van der Waals surface area contributed by atoms with Crippen molar-refractivity contribution in [3.05, 3.63) is 0 Å². The van der Waals surface area contributed by atoms with Gasteiger partial charge in [-0.1, -0.05) is 45.4 Å². The summed E-state index contributed by atoms with van der Waals surface area (Å²) >= 11 is 0. The second-order valence-corrected chi connectivity index (χ2v) is 7.07. The third-order valence-electron chi connectivity index (χ3n) is 5.55. The van der Waals surface area contributed by atoms with Crippen molar-refractivity contribution in [3.8, 4) is 0 Å². The third kappa shape index (κ3) is 4.46. The van der Waals surface area contributed by atoms with Crippen LogP contribution in [0.2, 0.25) is 0 Å². The molecule has 1 unspecified atom stereocenters. The van der Waals surface area contributed by atoms with Crippen LogP contribution in [-0.4, -0.2) is 41.9 Å². The molecule has 0 amide bonds. The lowest BCUT2D eigenvalue weighted by Crippen LogP contribution is -2.63. The summed E-state index contributed by atoms with van der Waals surface area (Å²) in [6.45, 7) is 7.36. The molecule has 3 fully saturated rings. The van der Waals surface area contributed by atoms with E-state index in [4.69, 9.17) is 0 Å². The van der Waals surface area contributed by atoms with Gasteiger partial charge in [0.2, 0.25) is 0 Å². The summed E-state index contributed by atoms with van der Waals surface area (Å²) in [5.41, 5.74) is 0. The Labute approximate surface area is 119 Å². The van der Waals surface area contributed by atoms with Crippen molar-refractivity contribution < 1.29 is 9.59 Å². The second-order valence-electron chi connectivity index (χ2n) is 7.07. The first-order valence-corrected chi connectivity index (χ1v) is 8.79. The quantitative estimate of drug-likeness (QED) is 0.499. The molecule has 0 aliphatic carbocycles. The fraction of sp³-hybridized carbons (Fsp3) is 1.00. The van der Waals surface area contributed by atoms with E-state index < -0.39 is 0 Å². The molecule has 2 nitrogen and oxygen atoms in total. The van der Waals surface area contributed by atoms with E-state index in [1.807, 2.05) is 0 Å². The van der Waals surface area contributed by atoms with Gasteiger partial charge in [-0.15, -0.1) is 0 Å². The van der Waals surface area contributed by atoms with Gasteiger partial charge in [-0.3, -0.25) is 0 Å². The topological polar surface area (TPSA) is 20.2 Å². The summed E-state index contributed by atoms with van der Waals surface area (Å²) in [6.07, 6.45) is 13.9. The van der Waals surface area contributed by atoms with E-state index >= 15 is 0 Å². The predicted octanol–water partition coefficient (Wildman–Crippen LogP) is 3.73. The fourth-order valence-corrected chi connectivity index (χ4v) is 4.14. The maximum atomic E-state index is 10.1. The summed E-state index contributed by atoms with van der Waals surface area (Å²) in [7, 11) is 0. The van der Waals surface area contributed by atoms with Crippen LogP contribution in [0.15, 0.2) is 0 Å². The zero-order valence-corrected chi connectivity index (χ0v) is 12.9. The average Bonchev–Trinajstić information content (AvgIpc) is 2.43. The maximum Gasteiger partial charge on any atom is 0.106 e. The van der Waals surface area contributed by atoms with Crippen molar-refractivity contribution in [3.63, 3.8) is 0 Å². The summed E-state index contributed by atoms with van der Waals surface area (Å²) < 4.78 is 1.24. The van der Waals surface area contributed by atoms with E-state index in [2.05, 4.69) is 6.92 Å². The van der Waals surface area contributed by atoms with Crippen LogP contribution in [0.25, 0.3) is 0 Å². The molecule has 3 aliphatic rings. The maximum absolute atomic E-state index is 10.1. The summed E-state index contributed by atoms with van der Waals surface area (Å²) in [5, 5.41) is 10.1. The highest BCUT2D eigenvalue weighted by Gasteiger charge is 2.44. The number of fused-ring (bicyclic) bond motifs is 3. The van der Waals surface area contributed by atoms with Gasteiger partial charge in [-0.25, -0.2) is 0 Å². The number of aliphatic hydroxyl groups is 1. The molecule has 2 bridgehead atoms. The first-order chi connectivity index (χ1) is 9.26. The van der Waals surface area contributed by atoms with E-state index in [1.54, 1.807) is 0 Å². The van der Waals surface area contributed by atoms with Crippen LogP contribution in [0.3, 0.4) is 0 Å². The zero-order chi connectivity index (χ0) is 13.6. The highest BCUT2D eigenvalue weighted by molar-refractivity contribution is 4.79. The van der Waals surface area contributed by atoms with Crippen LogP contribution >= 0.6 is 0 Å². The number of quaternary nitrogens is 1. The lowest BCUT2D eigenvalue weighted by atomic mass is 9.83. The Morgan fingerprint density at radius 2 is 1.47 bits per heavy atom. The molecule has 0 aromatic carbocycles. The lowest BCUT2D eigenvalue weighted by molar-refractivity contribution is -0.946. The third-order valence-corrected chi connectivity index (χ3v) is 5.55. The van der Waals surface area contributed by atoms with Gasteiger partial charge in [-0.2, -0.15) is 0 Å². The minimum atomic E-state index is 0.0107. The second kappa shape index (κ2) is 7.64. The molecule has 0 aromatic heterocycles. The molecule has 112 valence electrons. The Morgan fingerprint density at radius 3 is 2.05 bits per heavy atom. The van der Waals surface area contributed by atoms with Crippen LogP contribution < -0.4 is 0 Å². The van der Waals surface area contributed by atoms with Crippen LogP contribution in [0.1, 0.15) is 71.1 Å². The lowest BCUT2D eigenvalue weighted by Gasteiger charge is -2.51. The van der Waals surface area contributed by atoms with E-state index in [9.17, 15) is 5.11 Å². The molecular formula is C17H34NO+. The van der Waals surface area contributed by atoms with Crippen LogP contribution in [-0.2, 0) is 0 Å². The standard InChI is InChI=1S/C17H34NO/c1-2-3-4-5-6-7-8-9-12-18-13-10-16(11-14-18)17(19)15-18/h16-17,19H,2-15H2,1H3/q+1.